The number of hydrogen-bond acceptors (Lipinski definition) is 5. The van der Waals surface area contributed by atoms with Crippen LogP contribution < -0.4 is 10.5 Å². The molecule has 100 valence electrons. The summed E-state index contributed by atoms with van der Waals surface area (Å²) in [6, 6.07) is 8.77. The lowest BCUT2D eigenvalue weighted by atomic mass is 10.1. The van der Waals surface area contributed by atoms with E-state index >= 15 is 0 Å². The molecule has 0 spiro atoms. The Bertz CT molecular complexity index is 644. The zero-order chi connectivity index (χ0) is 13.7. The van der Waals surface area contributed by atoms with Crippen LogP contribution in [-0.2, 0) is 22.3 Å². The van der Waals surface area contributed by atoms with Gasteiger partial charge in [0.05, 0.1) is 5.75 Å². The van der Waals surface area contributed by atoms with Crippen molar-refractivity contribution in [2.75, 3.05) is 4.72 Å². The Balaban J connectivity index is 2.18. The predicted molar refractivity (Wildman–Crippen MR) is 72.6 cm³/mol. The largest absolute Gasteiger partial charge is 0.326 e. The summed E-state index contributed by atoms with van der Waals surface area (Å²) in [5.74, 6) is -0.0914. The van der Waals surface area contributed by atoms with E-state index in [1.165, 1.54) is 12.4 Å². The van der Waals surface area contributed by atoms with Gasteiger partial charge < -0.3 is 5.73 Å². The first kappa shape index (κ1) is 13.4. The first-order valence-electron chi connectivity index (χ1n) is 5.65. The molecule has 1 aromatic heterocycles. The van der Waals surface area contributed by atoms with E-state index in [9.17, 15) is 8.42 Å². The molecule has 0 aliphatic rings. The lowest BCUT2D eigenvalue weighted by Crippen LogP contribution is -2.18. The number of nitrogens with two attached hydrogens (primary N) is 1. The van der Waals surface area contributed by atoms with Gasteiger partial charge in [-0.1, -0.05) is 24.3 Å². The molecule has 0 amide bonds. The lowest BCUT2D eigenvalue weighted by molar-refractivity contribution is 0.600. The zero-order valence-electron chi connectivity index (χ0n) is 10.2. The van der Waals surface area contributed by atoms with Crippen LogP contribution in [0.15, 0.2) is 42.7 Å². The molecule has 0 unspecified atom stereocenters. The summed E-state index contributed by atoms with van der Waals surface area (Å²) in [5.41, 5.74) is 7.06. The fourth-order valence-electron chi connectivity index (χ4n) is 1.63. The number of anilines is 1. The molecular formula is C12H14N4O2S. The number of nitrogens with one attached hydrogen (secondary N) is 1. The molecule has 0 aliphatic carbocycles. The molecule has 0 radical (unpaired) electrons. The van der Waals surface area contributed by atoms with Crippen molar-refractivity contribution in [1.82, 2.24) is 9.97 Å². The Kier molecular flexibility index (Phi) is 4.08. The Morgan fingerprint density at radius 2 is 1.68 bits per heavy atom. The normalized spacial score (nSPS) is 11.2. The number of benzene rings is 1. The van der Waals surface area contributed by atoms with Gasteiger partial charge in [0.1, 0.15) is 0 Å². The maximum Gasteiger partial charge on any atom is 0.239 e. The van der Waals surface area contributed by atoms with Crippen molar-refractivity contribution in [3.63, 3.8) is 0 Å². The summed E-state index contributed by atoms with van der Waals surface area (Å²) in [5, 5.41) is 0. The van der Waals surface area contributed by atoms with E-state index in [-0.39, 0.29) is 11.7 Å². The Morgan fingerprint density at radius 1 is 1.05 bits per heavy atom. The molecule has 2 aromatic rings. The highest BCUT2D eigenvalue weighted by atomic mass is 32.2. The van der Waals surface area contributed by atoms with Crippen LogP contribution in [0.5, 0.6) is 0 Å². The minimum Gasteiger partial charge on any atom is -0.326 e. The van der Waals surface area contributed by atoms with E-state index in [2.05, 4.69) is 14.7 Å². The number of hydrogen-bond donors (Lipinski definition) is 2. The summed E-state index contributed by atoms with van der Waals surface area (Å²) in [6.07, 6.45) is 2.94. The SMILES string of the molecule is NCc1ccccc1CS(=O)(=O)Nc1ncccn1. The molecule has 2 rings (SSSR count). The van der Waals surface area contributed by atoms with Gasteiger partial charge in [-0.25, -0.2) is 18.4 Å². The monoisotopic (exact) mass is 278 g/mol. The third-order valence-corrected chi connectivity index (χ3v) is 3.68. The van der Waals surface area contributed by atoms with Crippen molar-refractivity contribution >= 4 is 16.0 Å². The molecule has 0 fully saturated rings. The molecule has 3 N–H and O–H groups in total. The summed E-state index contributed by atoms with van der Waals surface area (Å²) >= 11 is 0. The molecule has 1 heterocycles. The molecule has 0 atom stereocenters. The fraction of sp³-hybridized carbons (Fsp3) is 0.167. The van der Waals surface area contributed by atoms with Gasteiger partial charge in [-0.2, -0.15) is 0 Å². The van der Waals surface area contributed by atoms with Gasteiger partial charge >= 0.3 is 0 Å². The van der Waals surface area contributed by atoms with Crippen molar-refractivity contribution in [3.8, 4) is 0 Å². The second kappa shape index (κ2) is 5.77. The van der Waals surface area contributed by atoms with Crippen LogP contribution in [0.4, 0.5) is 5.95 Å². The van der Waals surface area contributed by atoms with Crippen LogP contribution in [0.2, 0.25) is 0 Å². The van der Waals surface area contributed by atoms with E-state index in [0.29, 0.717) is 12.1 Å². The molecule has 0 saturated heterocycles. The van der Waals surface area contributed by atoms with Crippen LogP contribution in [0.3, 0.4) is 0 Å². The standard InChI is InChI=1S/C12H14N4O2S/c13-8-10-4-1-2-5-11(10)9-19(17,18)16-12-14-6-3-7-15-12/h1-7H,8-9,13H2,(H,14,15,16). The first-order valence-corrected chi connectivity index (χ1v) is 7.30. The highest BCUT2D eigenvalue weighted by molar-refractivity contribution is 7.91. The minimum absolute atomic E-state index is 0.0627. The molecule has 0 saturated carbocycles. The number of aromatic nitrogens is 2. The van der Waals surface area contributed by atoms with Crippen molar-refractivity contribution < 1.29 is 8.42 Å². The second-order valence-electron chi connectivity index (χ2n) is 3.91. The van der Waals surface area contributed by atoms with Crippen molar-refractivity contribution in [1.29, 1.82) is 0 Å². The highest BCUT2D eigenvalue weighted by Crippen LogP contribution is 2.13. The van der Waals surface area contributed by atoms with Gasteiger partial charge in [-0.15, -0.1) is 0 Å². The van der Waals surface area contributed by atoms with Gasteiger partial charge in [0.15, 0.2) is 0 Å². The number of sulfonamides is 1. The average Bonchev–Trinajstić information content (AvgIpc) is 2.39. The zero-order valence-corrected chi connectivity index (χ0v) is 11.0. The molecule has 19 heavy (non-hydrogen) atoms. The molecule has 0 aliphatic heterocycles. The first-order chi connectivity index (χ1) is 9.11. The Morgan fingerprint density at radius 3 is 2.32 bits per heavy atom. The van der Waals surface area contributed by atoms with Crippen LogP contribution in [0.1, 0.15) is 11.1 Å². The maximum absolute atomic E-state index is 12.0. The smallest absolute Gasteiger partial charge is 0.239 e. The highest BCUT2D eigenvalue weighted by Gasteiger charge is 2.14. The summed E-state index contributed by atoms with van der Waals surface area (Å²) in [6.45, 7) is 0.299. The molecule has 6 nitrogen and oxygen atoms in total. The van der Waals surface area contributed by atoms with Crippen molar-refractivity contribution in [2.45, 2.75) is 12.3 Å². The topological polar surface area (TPSA) is 98.0 Å². The number of rotatable bonds is 5. The Hall–Kier alpha value is -1.99. The fourth-order valence-corrected chi connectivity index (χ4v) is 2.78. The maximum atomic E-state index is 12.0. The van der Waals surface area contributed by atoms with Crippen LogP contribution in [-0.4, -0.2) is 18.4 Å². The van der Waals surface area contributed by atoms with E-state index < -0.39 is 10.0 Å². The average molecular weight is 278 g/mol. The lowest BCUT2D eigenvalue weighted by Gasteiger charge is -2.09. The molecule has 7 heteroatoms. The summed E-state index contributed by atoms with van der Waals surface area (Å²) < 4.78 is 26.3. The Labute approximate surface area is 111 Å². The van der Waals surface area contributed by atoms with Crippen LogP contribution in [0, 0.1) is 0 Å². The van der Waals surface area contributed by atoms with Gasteiger partial charge in [0.25, 0.3) is 0 Å². The van der Waals surface area contributed by atoms with E-state index in [4.69, 9.17) is 5.73 Å². The van der Waals surface area contributed by atoms with Gasteiger partial charge in [-0.05, 0) is 17.2 Å². The van der Waals surface area contributed by atoms with E-state index in [1.807, 2.05) is 12.1 Å². The second-order valence-corrected chi connectivity index (χ2v) is 5.63. The summed E-state index contributed by atoms with van der Waals surface area (Å²) in [7, 11) is -3.55. The molecule has 0 bridgehead atoms. The predicted octanol–water partition coefficient (Wildman–Crippen LogP) is 0.877. The van der Waals surface area contributed by atoms with Crippen LogP contribution in [0.25, 0.3) is 0 Å². The minimum atomic E-state index is -3.55. The quantitative estimate of drug-likeness (QED) is 0.846. The van der Waals surface area contributed by atoms with Gasteiger partial charge in [0.2, 0.25) is 16.0 Å². The number of nitrogens with zero attached hydrogens (tertiary/aromatic N) is 2. The molecular weight excluding hydrogens is 264 g/mol. The molecule has 1 aromatic carbocycles. The van der Waals surface area contributed by atoms with Gasteiger partial charge in [0, 0.05) is 18.9 Å². The van der Waals surface area contributed by atoms with E-state index in [0.717, 1.165) is 5.56 Å². The summed E-state index contributed by atoms with van der Waals surface area (Å²) in [4.78, 5) is 7.64. The van der Waals surface area contributed by atoms with Crippen molar-refractivity contribution in [2.24, 2.45) is 5.73 Å². The van der Waals surface area contributed by atoms with Gasteiger partial charge in [-0.3, -0.25) is 4.72 Å². The third kappa shape index (κ3) is 3.73. The van der Waals surface area contributed by atoms with Crippen molar-refractivity contribution in [3.05, 3.63) is 53.9 Å². The van der Waals surface area contributed by atoms with E-state index in [1.54, 1.807) is 18.2 Å². The van der Waals surface area contributed by atoms with Crippen LogP contribution >= 0.6 is 0 Å². The third-order valence-electron chi connectivity index (χ3n) is 2.50.